The number of nitrogens with one attached hydrogen (secondary N) is 2. The van der Waals surface area contributed by atoms with E-state index in [9.17, 15) is 9.59 Å². The van der Waals surface area contributed by atoms with Crippen molar-refractivity contribution < 1.29 is 9.59 Å². The summed E-state index contributed by atoms with van der Waals surface area (Å²) in [4.78, 5) is 22.7. The van der Waals surface area contributed by atoms with Gasteiger partial charge < -0.3 is 10.6 Å². The van der Waals surface area contributed by atoms with Crippen molar-refractivity contribution in [3.63, 3.8) is 0 Å². The van der Waals surface area contributed by atoms with Crippen LogP contribution in [0.2, 0.25) is 0 Å². The molecule has 0 radical (unpaired) electrons. The first-order valence-electron chi connectivity index (χ1n) is 5.44. The van der Waals surface area contributed by atoms with Gasteiger partial charge in [0, 0.05) is 24.0 Å². The van der Waals surface area contributed by atoms with E-state index < -0.39 is 0 Å². The number of hydrogen-bond donors (Lipinski definition) is 2. The van der Waals surface area contributed by atoms with Crippen molar-refractivity contribution in [2.24, 2.45) is 5.92 Å². The van der Waals surface area contributed by atoms with Crippen molar-refractivity contribution in [2.75, 3.05) is 6.54 Å². The zero-order chi connectivity index (χ0) is 12.3. The van der Waals surface area contributed by atoms with Crippen LogP contribution in [0, 0.1) is 5.92 Å². The molecule has 1 aliphatic rings. The first-order chi connectivity index (χ1) is 8.16. The average Bonchev–Trinajstić information content (AvgIpc) is 2.74. The normalized spacial score (nSPS) is 18.9. The molecule has 0 spiro atoms. The first kappa shape index (κ1) is 12.1. The van der Waals surface area contributed by atoms with Crippen LogP contribution >= 0.6 is 15.9 Å². The van der Waals surface area contributed by atoms with E-state index >= 15 is 0 Å². The van der Waals surface area contributed by atoms with Gasteiger partial charge in [0.05, 0.1) is 5.92 Å². The Morgan fingerprint density at radius 1 is 1.47 bits per heavy atom. The third kappa shape index (κ3) is 3.06. The van der Waals surface area contributed by atoms with Gasteiger partial charge in [0.1, 0.15) is 0 Å². The fourth-order valence-electron chi connectivity index (χ4n) is 1.76. The summed E-state index contributed by atoms with van der Waals surface area (Å²) in [6.45, 7) is 0.922. The number of amides is 2. The molecule has 1 unspecified atom stereocenters. The maximum atomic E-state index is 11.8. The molecule has 5 heteroatoms. The second-order valence-electron chi connectivity index (χ2n) is 4.01. The van der Waals surface area contributed by atoms with E-state index in [0.29, 0.717) is 19.5 Å². The summed E-state index contributed by atoms with van der Waals surface area (Å²) in [5.41, 5.74) is 1.03. The molecule has 1 aliphatic heterocycles. The number of carbonyl (C=O) groups is 2. The minimum absolute atomic E-state index is 0.0500. The number of rotatable bonds is 3. The minimum atomic E-state index is -0.231. The van der Waals surface area contributed by atoms with Crippen LogP contribution in [0.4, 0.5) is 0 Å². The highest BCUT2D eigenvalue weighted by atomic mass is 79.9. The van der Waals surface area contributed by atoms with Crippen LogP contribution in [-0.2, 0) is 16.1 Å². The highest BCUT2D eigenvalue weighted by molar-refractivity contribution is 9.10. The highest BCUT2D eigenvalue weighted by Gasteiger charge is 2.27. The summed E-state index contributed by atoms with van der Waals surface area (Å²) in [5.74, 6) is -0.352. The quantitative estimate of drug-likeness (QED) is 0.881. The van der Waals surface area contributed by atoms with Crippen molar-refractivity contribution in [1.82, 2.24) is 10.6 Å². The van der Waals surface area contributed by atoms with E-state index in [1.807, 2.05) is 24.3 Å². The van der Waals surface area contributed by atoms with E-state index in [2.05, 4.69) is 26.6 Å². The molecule has 1 aromatic rings. The SMILES string of the molecule is O=C1CC(C(=O)NCc2ccccc2Br)CN1. The molecule has 1 saturated heterocycles. The largest absolute Gasteiger partial charge is 0.355 e. The van der Waals surface area contributed by atoms with Gasteiger partial charge in [-0.3, -0.25) is 9.59 Å². The second kappa shape index (κ2) is 5.31. The molecular weight excluding hydrogens is 284 g/mol. The van der Waals surface area contributed by atoms with E-state index in [1.165, 1.54) is 0 Å². The van der Waals surface area contributed by atoms with Gasteiger partial charge in [0.15, 0.2) is 0 Å². The van der Waals surface area contributed by atoms with Gasteiger partial charge in [-0.15, -0.1) is 0 Å². The van der Waals surface area contributed by atoms with E-state index in [-0.39, 0.29) is 17.7 Å². The maximum Gasteiger partial charge on any atom is 0.225 e. The third-order valence-corrected chi connectivity index (χ3v) is 3.53. The Hall–Kier alpha value is -1.36. The van der Waals surface area contributed by atoms with Crippen molar-refractivity contribution >= 4 is 27.7 Å². The Labute approximate surface area is 108 Å². The van der Waals surface area contributed by atoms with Gasteiger partial charge in [0.2, 0.25) is 11.8 Å². The maximum absolute atomic E-state index is 11.8. The highest BCUT2D eigenvalue weighted by Crippen LogP contribution is 2.16. The van der Waals surface area contributed by atoms with Gasteiger partial charge in [-0.2, -0.15) is 0 Å². The van der Waals surface area contributed by atoms with Gasteiger partial charge in [0.25, 0.3) is 0 Å². The monoisotopic (exact) mass is 296 g/mol. The summed E-state index contributed by atoms with van der Waals surface area (Å²) in [5, 5.41) is 5.49. The zero-order valence-electron chi connectivity index (χ0n) is 9.20. The van der Waals surface area contributed by atoms with Crippen LogP contribution in [-0.4, -0.2) is 18.4 Å². The molecule has 0 saturated carbocycles. The Morgan fingerprint density at radius 2 is 2.24 bits per heavy atom. The molecule has 4 nitrogen and oxygen atoms in total. The number of hydrogen-bond acceptors (Lipinski definition) is 2. The lowest BCUT2D eigenvalue weighted by molar-refractivity contribution is -0.126. The lowest BCUT2D eigenvalue weighted by atomic mass is 10.1. The van der Waals surface area contributed by atoms with E-state index in [4.69, 9.17) is 0 Å². The third-order valence-electron chi connectivity index (χ3n) is 2.76. The molecule has 1 atom stereocenters. The summed E-state index contributed by atoms with van der Waals surface area (Å²) >= 11 is 3.42. The number of halogens is 1. The minimum Gasteiger partial charge on any atom is -0.355 e. The molecule has 1 fully saturated rings. The summed E-state index contributed by atoms with van der Waals surface area (Å²) in [6, 6.07) is 7.73. The van der Waals surface area contributed by atoms with Crippen LogP contribution < -0.4 is 10.6 Å². The standard InChI is InChI=1S/C12H13BrN2O2/c13-10-4-2-1-3-8(10)6-15-12(17)9-5-11(16)14-7-9/h1-4,9H,5-7H2,(H,14,16)(H,15,17). The predicted molar refractivity (Wildman–Crippen MR) is 67.1 cm³/mol. The summed E-state index contributed by atoms with van der Waals surface area (Å²) in [7, 11) is 0. The fourth-order valence-corrected chi connectivity index (χ4v) is 2.18. The average molecular weight is 297 g/mol. The summed E-state index contributed by atoms with van der Waals surface area (Å²) < 4.78 is 0.973. The Kier molecular flexibility index (Phi) is 3.78. The Balaban J connectivity index is 1.88. The first-order valence-corrected chi connectivity index (χ1v) is 6.24. The molecule has 1 heterocycles. The molecule has 17 heavy (non-hydrogen) atoms. The van der Waals surface area contributed by atoms with Crippen LogP contribution in [0.5, 0.6) is 0 Å². The van der Waals surface area contributed by atoms with Crippen LogP contribution in [0.15, 0.2) is 28.7 Å². The van der Waals surface area contributed by atoms with Crippen LogP contribution in [0.1, 0.15) is 12.0 Å². The van der Waals surface area contributed by atoms with Gasteiger partial charge in [-0.25, -0.2) is 0 Å². The molecule has 2 amide bonds. The van der Waals surface area contributed by atoms with E-state index in [1.54, 1.807) is 0 Å². The van der Waals surface area contributed by atoms with Crippen molar-refractivity contribution in [3.05, 3.63) is 34.3 Å². The molecule has 0 bridgehead atoms. The Bertz CT molecular complexity index is 448. The van der Waals surface area contributed by atoms with Crippen molar-refractivity contribution in [1.29, 1.82) is 0 Å². The molecule has 2 rings (SSSR count). The lowest BCUT2D eigenvalue weighted by Crippen LogP contribution is -2.31. The van der Waals surface area contributed by atoms with Gasteiger partial charge in [-0.05, 0) is 11.6 Å². The molecule has 0 aliphatic carbocycles. The molecule has 90 valence electrons. The van der Waals surface area contributed by atoms with E-state index in [0.717, 1.165) is 10.0 Å². The van der Waals surface area contributed by atoms with Crippen molar-refractivity contribution in [3.8, 4) is 0 Å². The van der Waals surface area contributed by atoms with Crippen molar-refractivity contribution in [2.45, 2.75) is 13.0 Å². The number of benzene rings is 1. The second-order valence-corrected chi connectivity index (χ2v) is 4.87. The lowest BCUT2D eigenvalue weighted by Gasteiger charge is -2.10. The smallest absolute Gasteiger partial charge is 0.225 e. The number of carbonyl (C=O) groups excluding carboxylic acids is 2. The fraction of sp³-hybridized carbons (Fsp3) is 0.333. The predicted octanol–water partition coefficient (Wildman–Crippen LogP) is 1.20. The van der Waals surface area contributed by atoms with Crippen LogP contribution in [0.25, 0.3) is 0 Å². The molecule has 2 N–H and O–H groups in total. The summed E-state index contributed by atoms with van der Waals surface area (Å²) in [6.07, 6.45) is 0.293. The zero-order valence-corrected chi connectivity index (χ0v) is 10.8. The van der Waals surface area contributed by atoms with Crippen LogP contribution in [0.3, 0.4) is 0 Å². The molecular formula is C12H13BrN2O2. The van der Waals surface area contributed by atoms with Gasteiger partial charge >= 0.3 is 0 Å². The molecule has 0 aromatic heterocycles. The van der Waals surface area contributed by atoms with Gasteiger partial charge in [-0.1, -0.05) is 34.1 Å². The topological polar surface area (TPSA) is 58.2 Å². The Morgan fingerprint density at radius 3 is 2.88 bits per heavy atom. The molecule has 1 aromatic carbocycles.